The second kappa shape index (κ2) is 6.41. The number of carbonyl (C=O) groups is 1. The highest BCUT2D eigenvalue weighted by Gasteiger charge is 2.23. The molecule has 0 bridgehead atoms. The second-order valence-corrected chi connectivity index (χ2v) is 6.07. The largest absolute Gasteiger partial charge is 0.508 e. The lowest BCUT2D eigenvalue weighted by molar-refractivity contribution is -0.121. The number of fused-ring (bicyclic) bond motifs is 1. The van der Waals surface area contributed by atoms with Crippen LogP contribution >= 0.6 is 11.6 Å². The van der Waals surface area contributed by atoms with Crippen LogP contribution in [-0.4, -0.2) is 11.0 Å². The van der Waals surface area contributed by atoms with E-state index >= 15 is 0 Å². The summed E-state index contributed by atoms with van der Waals surface area (Å²) < 4.78 is 0. The molecule has 0 fully saturated rings. The SMILES string of the molecule is O=C(CCc1ccccc1O)NC1CCc2cc(Cl)ccc21. The monoisotopic (exact) mass is 315 g/mol. The lowest BCUT2D eigenvalue weighted by atomic mass is 10.1. The number of halogens is 1. The van der Waals surface area contributed by atoms with Crippen molar-refractivity contribution >= 4 is 17.5 Å². The molecule has 0 saturated heterocycles. The van der Waals surface area contributed by atoms with Crippen LogP contribution in [0.1, 0.15) is 35.6 Å². The first-order chi connectivity index (χ1) is 10.6. The first kappa shape index (κ1) is 14.9. The Kier molecular flexibility index (Phi) is 4.34. The molecule has 0 heterocycles. The van der Waals surface area contributed by atoms with E-state index in [0.29, 0.717) is 12.8 Å². The molecular formula is C18H18ClNO2. The Hall–Kier alpha value is -2.00. The van der Waals surface area contributed by atoms with Crippen LogP contribution in [0.3, 0.4) is 0 Å². The zero-order valence-corrected chi connectivity index (χ0v) is 12.9. The molecule has 22 heavy (non-hydrogen) atoms. The third-order valence-corrected chi connectivity index (χ3v) is 4.37. The number of aromatic hydroxyl groups is 1. The van der Waals surface area contributed by atoms with Gasteiger partial charge in [-0.05, 0) is 54.2 Å². The third kappa shape index (κ3) is 3.25. The first-order valence-corrected chi connectivity index (χ1v) is 7.86. The molecule has 2 aromatic rings. The summed E-state index contributed by atoms with van der Waals surface area (Å²) in [5.41, 5.74) is 3.19. The second-order valence-electron chi connectivity index (χ2n) is 5.63. The van der Waals surface area contributed by atoms with E-state index < -0.39 is 0 Å². The number of phenols is 1. The molecule has 0 aromatic heterocycles. The number of nitrogens with one attached hydrogen (secondary N) is 1. The van der Waals surface area contributed by atoms with Gasteiger partial charge in [-0.1, -0.05) is 35.9 Å². The van der Waals surface area contributed by atoms with E-state index in [9.17, 15) is 9.90 Å². The van der Waals surface area contributed by atoms with Crippen LogP contribution in [-0.2, 0) is 17.6 Å². The summed E-state index contributed by atoms with van der Waals surface area (Å²) in [6.07, 6.45) is 2.77. The van der Waals surface area contributed by atoms with Crippen molar-refractivity contribution in [1.29, 1.82) is 0 Å². The molecule has 2 aromatic carbocycles. The number of carbonyl (C=O) groups excluding carboxylic acids is 1. The Labute approximate surface area is 134 Å². The minimum absolute atomic E-state index is 0.0102. The molecule has 3 rings (SSSR count). The average Bonchev–Trinajstić information content (AvgIpc) is 2.88. The number of phenolic OH excluding ortho intramolecular Hbond substituents is 1. The van der Waals surface area contributed by atoms with Gasteiger partial charge in [-0.3, -0.25) is 4.79 Å². The van der Waals surface area contributed by atoms with Crippen molar-refractivity contribution in [3.05, 3.63) is 64.2 Å². The van der Waals surface area contributed by atoms with Crippen LogP contribution in [0.25, 0.3) is 0 Å². The zero-order chi connectivity index (χ0) is 15.5. The average molecular weight is 316 g/mol. The minimum atomic E-state index is 0.0102. The maximum absolute atomic E-state index is 12.1. The Bertz CT molecular complexity index is 699. The summed E-state index contributed by atoms with van der Waals surface area (Å²) in [7, 11) is 0. The van der Waals surface area contributed by atoms with Crippen molar-refractivity contribution in [3.8, 4) is 5.75 Å². The Morgan fingerprint density at radius 1 is 1.27 bits per heavy atom. The van der Waals surface area contributed by atoms with Crippen molar-refractivity contribution in [2.24, 2.45) is 0 Å². The van der Waals surface area contributed by atoms with Gasteiger partial charge in [0, 0.05) is 11.4 Å². The van der Waals surface area contributed by atoms with Crippen LogP contribution in [0.5, 0.6) is 5.75 Å². The predicted molar refractivity (Wildman–Crippen MR) is 87.1 cm³/mol. The van der Waals surface area contributed by atoms with Gasteiger partial charge in [0.2, 0.25) is 5.91 Å². The van der Waals surface area contributed by atoms with Gasteiger partial charge in [-0.25, -0.2) is 0 Å². The number of hydrogen-bond donors (Lipinski definition) is 2. The van der Waals surface area contributed by atoms with Crippen molar-refractivity contribution in [2.45, 2.75) is 31.7 Å². The van der Waals surface area contributed by atoms with Crippen LogP contribution in [0, 0.1) is 0 Å². The third-order valence-electron chi connectivity index (χ3n) is 4.13. The highest BCUT2D eigenvalue weighted by Crippen LogP contribution is 2.32. The van der Waals surface area contributed by atoms with Crippen LogP contribution < -0.4 is 5.32 Å². The number of aryl methyl sites for hydroxylation is 2. The zero-order valence-electron chi connectivity index (χ0n) is 12.2. The standard InChI is InChI=1S/C18H18ClNO2/c19-14-7-8-15-13(11-14)5-9-16(15)20-18(22)10-6-12-3-1-2-4-17(12)21/h1-4,7-8,11,16,21H,5-6,9-10H2,(H,20,22). The summed E-state index contributed by atoms with van der Waals surface area (Å²) in [6.45, 7) is 0. The molecular weight excluding hydrogens is 298 g/mol. The molecule has 0 radical (unpaired) electrons. The molecule has 3 nitrogen and oxygen atoms in total. The lowest BCUT2D eigenvalue weighted by Crippen LogP contribution is -2.27. The van der Waals surface area contributed by atoms with E-state index in [1.807, 2.05) is 30.3 Å². The Morgan fingerprint density at radius 2 is 2.09 bits per heavy atom. The van der Waals surface area contributed by atoms with Crippen LogP contribution in [0.4, 0.5) is 0 Å². The molecule has 1 aliphatic rings. The topological polar surface area (TPSA) is 49.3 Å². The van der Waals surface area contributed by atoms with Crippen LogP contribution in [0.15, 0.2) is 42.5 Å². The summed E-state index contributed by atoms with van der Waals surface area (Å²) in [5, 5.41) is 13.5. The maximum Gasteiger partial charge on any atom is 0.220 e. The van der Waals surface area contributed by atoms with Gasteiger partial charge in [0.15, 0.2) is 0 Å². The van der Waals surface area contributed by atoms with Gasteiger partial charge in [-0.2, -0.15) is 0 Å². The molecule has 114 valence electrons. The number of para-hydroxylation sites is 1. The predicted octanol–water partition coefficient (Wildman–Crippen LogP) is 3.78. The number of benzene rings is 2. The van der Waals surface area contributed by atoms with E-state index in [4.69, 9.17) is 11.6 Å². The van der Waals surface area contributed by atoms with E-state index in [2.05, 4.69) is 5.32 Å². The minimum Gasteiger partial charge on any atom is -0.508 e. The van der Waals surface area contributed by atoms with Gasteiger partial charge in [0.05, 0.1) is 6.04 Å². The first-order valence-electron chi connectivity index (χ1n) is 7.48. The van der Waals surface area contributed by atoms with Gasteiger partial charge in [0.25, 0.3) is 0 Å². The van der Waals surface area contributed by atoms with Crippen molar-refractivity contribution in [3.63, 3.8) is 0 Å². The summed E-state index contributed by atoms with van der Waals surface area (Å²) in [4.78, 5) is 12.1. The quantitative estimate of drug-likeness (QED) is 0.902. The summed E-state index contributed by atoms with van der Waals surface area (Å²) in [5.74, 6) is 0.257. The Balaban J connectivity index is 1.59. The van der Waals surface area contributed by atoms with Crippen LogP contribution in [0.2, 0.25) is 5.02 Å². The highest BCUT2D eigenvalue weighted by atomic mass is 35.5. The van der Waals surface area contributed by atoms with Gasteiger partial charge < -0.3 is 10.4 Å². The number of rotatable bonds is 4. The lowest BCUT2D eigenvalue weighted by Gasteiger charge is -2.14. The van der Waals surface area contributed by atoms with E-state index in [1.165, 1.54) is 11.1 Å². The van der Waals surface area contributed by atoms with Crippen molar-refractivity contribution in [2.75, 3.05) is 0 Å². The van der Waals surface area contributed by atoms with E-state index in [1.54, 1.807) is 12.1 Å². The number of hydrogen-bond acceptors (Lipinski definition) is 2. The smallest absolute Gasteiger partial charge is 0.220 e. The fourth-order valence-electron chi connectivity index (χ4n) is 2.97. The maximum atomic E-state index is 12.1. The summed E-state index contributed by atoms with van der Waals surface area (Å²) in [6, 6.07) is 13.0. The molecule has 0 aliphatic heterocycles. The van der Waals surface area contributed by atoms with Crippen molar-refractivity contribution < 1.29 is 9.90 Å². The molecule has 4 heteroatoms. The molecule has 2 N–H and O–H groups in total. The van der Waals surface area contributed by atoms with E-state index in [-0.39, 0.29) is 17.7 Å². The van der Waals surface area contributed by atoms with Gasteiger partial charge in [-0.15, -0.1) is 0 Å². The molecule has 0 saturated carbocycles. The van der Waals surface area contributed by atoms with Gasteiger partial charge in [0.1, 0.15) is 5.75 Å². The summed E-state index contributed by atoms with van der Waals surface area (Å²) >= 11 is 6.00. The molecule has 0 spiro atoms. The fraction of sp³-hybridized carbons (Fsp3) is 0.278. The molecule has 1 unspecified atom stereocenters. The number of amides is 1. The molecule has 1 aliphatic carbocycles. The molecule has 1 atom stereocenters. The Morgan fingerprint density at radius 3 is 2.91 bits per heavy atom. The normalized spacial score (nSPS) is 16.3. The highest BCUT2D eigenvalue weighted by molar-refractivity contribution is 6.30. The van der Waals surface area contributed by atoms with Gasteiger partial charge >= 0.3 is 0 Å². The fourth-order valence-corrected chi connectivity index (χ4v) is 3.17. The van der Waals surface area contributed by atoms with E-state index in [0.717, 1.165) is 23.4 Å². The van der Waals surface area contributed by atoms with Crippen molar-refractivity contribution in [1.82, 2.24) is 5.32 Å². The molecule has 1 amide bonds.